The maximum absolute atomic E-state index is 12.7. The third-order valence-electron chi connectivity index (χ3n) is 6.17. The van der Waals surface area contributed by atoms with Crippen LogP contribution in [0.5, 0.6) is 5.75 Å². The van der Waals surface area contributed by atoms with E-state index < -0.39 is 12.7 Å². The van der Waals surface area contributed by atoms with Gasteiger partial charge in [0.2, 0.25) is 5.95 Å². The zero-order valence-electron chi connectivity index (χ0n) is 20.2. The first-order valence-electron chi connectivity index (χ1n) is 11.6. The molecular formula is C25H31F3N6O. The lowest BCUT2D eigenvalue weighted by Gasteiger charge is -2.34. The van der Waals surface area contributed by atoms with Gasteiger partial charge in [0.1, 0.15) is 18.1 Å². The van der Waals surface area contributed by atoms with Crippen LogP contribution in [0.3, 0.4) is 0 Å². The minimum absolute atomic E-state index is 0.0339. The van der Waals surface area contributed by atoms with Crippen LogP contribution in [0.2, 0.25) is 0 Å². The van der Waals surface area contributed by atoms with Gasteiger partial charge >= 0.3 is 6.18 Å². The molecule has 1 aliphatic rings. The number of hydrogen-bond donors (Lipinski definition) is 2. The average molecular weight is 489 g/mol. The Morgan fingerprint density at radius 3 is 2.49 bits per heavy atom. The molecule has 2 N–H and O–H groups in total. The topological polar surface area (TPSA) is 65.6 Å². The molecule has 1 aromatic heterocycles. The summed E-state index contributed by atoms with van der Waals surface area (Å²) in [4.78, 5) is 13.1. The number of anilines is 3. The van der Waals surface area contributed by atoms with Gasteiger partial charge in [0.15, 0.2) is 0 Å². The van der Waals surface area contributed by atoms with Crippen molar-refractivity contribution in [3.05, 3.63) is 48.0 Å². The van der Waals surface area contributed by atoms with Gasteiger partial charge in [0, 0.05) is 56.4 Å². The van der Waals surface area contributed by atoms with Gasteiger partial charge in [-0.1, -0.05) is 18.2 Å². The Morgan fingerprint density at radius 2 is 1.80 bits per heavy atom. The molecule has 3 aromatic rings. The summed E-state index contributed by atoms with van der Waals surface area (Å²) in [6, 6.07) is 13.6. The molecule has 0 aliphatic carbocycles. The minimum Gasteiger partial charge on any atom is -0.496 e. The number of nitrogens with zero attached hydrogens (tertiary/aromatic N) is 4. The molecular weight excluding hydrogens is 457 g/mol. The first kappa shape index (κ1) is 24.8. The van der Waals surface area contributed by atoms with Gasteiger partial charge in [0.25, 0.3) is 0 Å². The van der Waals surface area contributed by atoms with E-state index in [0.717, 1.165) is 54.9 Å². The molecule has 2 aromatic carbocycles. The predicted octanol–water partition coefficient (Wildman–Crippen LogP) is 4.76. The average Bonchev–Trinajstić information content (AvgIpc) is 2.83. The molecule has 0 saturated carbocycles. The number of halogens is 3. The largest absolute Gasteiger partial charge is 0.496 e. The molecule has 4 rings (SSSR count). The Bertz CT molecular complexity index is 1150. The molecule has 0 spiro atoms. The Kier molecular flexibility index (Phi) is 7.49. The maximum Gasteiger partial charge on any atom is 0.405 e. The second-order valence-electron chi connectivity index (χ2n) is 8.93. The molecule has 1 saturated heterocycles. The number of hydrogen-bond acceptors (Lipinski definition) is 7. The van der Waals surface area contributed by atoms with E-state index in [4.69, 9.17) is 4.74 Å². The number of piperidine rings is 1. The zero-order chi connectivity index (χ0) is 25.0. The summed E-state index contributed by atoms with van der Waals surface area (Å²) in [5.41, 5.74) is 2.89. The summed E-state index contributed by atoms with van der Waals surface area (Å²) in [6.45, 7) is 1.36. The fraction of sp³-hybridized carbons (Fsp3) is 0.440. The van der Waals surface area contributed by atoms with Crippen molar-refractivity contribution in [3.8, 4) is 5.75 Å². The highest BCUT2D eigenvalue weighted by molar-refractivity contribution is 5.90. The van der Waals surface area contributed by atoms with Crippen molar-refractivity contribution >= 4 is 28.4 Å². The Balaban J connectivity index is 1.44. The summed E-state index contributed by atoms with van der Waals surface area (Å²) in [5.74, 6) is 1.40. The van der Waals surface area contributed by atoms with Crippen LogP contribution >= 0.6 is 0 Å². The van der Waals surface area contributed by atoms with E-state index in [1.807, 2.05) is 44.4 Å². The monoisotopic (exact) mass is 488 g/mol. The number of aromatic nitrogens is 2. The Hall–Kier alpha value is -3.27. The minimum atomic E-state index is -4.34. The van der Waals surface area contributed by atoms with Crippen molar-refractivity contribution in [2.45, 2.75) is 31.6 Å². The van der Waals surface area contributed by atoms with Gasteiger partial charge in [0.05, 0.1) is 12.6 Å². The summed E-state index contributed by atoms with van der Waals surface area (Å²) in [6.07, 6.45) is -2.57. The number of benzene rings is 2. The van der Waals surface area contributed by atoms with Crippen molar-refractivity contribution in [1.82, 2.24) is 14.9 Å². The number of nitrogens with one attached hydrogen (secondary N) is 2. The number of ether oxygens (including phenoxy) is 1. The van der Waals surface area contributed by atoms with Crippen molar-refractivity contribution in [2.75, 3.05) is 56.4 Å². The van der Waals surface area contributed by atoms with E-state index in [0.29, 0.717) is 11.3 Å². The lowest BCUT2D eigenvalue weighted by Crippen LogP contribution is -2.39. The first-order valence-corrected chi connectivity index (χ1v) is 11.6. The lowest BCUT2D eigenvalue weighted by molar-refractivity contribution is -0.115. The fourth-order valence-corrected chi connectivity index (χ4v) is 4.42. The SMILES string of the molecule is COc1cccc(N(C)C)c1CN1CCC(Nc2nc(NCC(F)(F)F)nc3ccccc23)CC1. The van der Waals surface area contributed by atoms with E-state index >= 15 is 0 Å². The predicted molar refractivity (Wildman–Crippen MR) is 133 cm³/mol. The third-order valence-corrected chi connectivity index (χ3v) is 6.17. The highest BCUT2D eigenvalue weighted by Crippen LogP contribution is 2.31. The Morgan fingerprint density at radius 1 is 1.06 bits per heavy atom. The van der Waals surface area contributed by atoms with Gasteiger partial charge < -0.3 is 20.3 Å². The number of fused-ring (bicyclic) bond motifs is 1. The van der Waals surface area contributed by atoms with Gasteiger partial charge in [-0.2, -0.15) is 18.2 Å². The van der Waals surface area contributed by atoms with Gasteiger partial charge in [-0.05, 0) is 37.1 Å². The fourth-order valence-electron chi connectivity index (χ4n) is 4.42. The highest BCUT2D eigenvalue weighted by Gasteiger charge is 2.27. The number of alkyl halides is 3. The normalized spacial score (nSPS) is 15.3. The second kappa shape index (κ2) is 10.6. The van der Waals surface area contributed by atoms with Crippen molar-refractivity contribution in [2.24, 2.45) is 0 Å². The molecule has 0 amide bonds. The maximum atomic E-state index is 12.7. The summed E-state index contributed by atoms with van der Waals surface area (Å²) in [7, 11) is 5.74. The molecule has 2 heterocycles. The summed E-state index contributed by atoms with van der Waals surface area (Å²) >= 11 is 0. The molecule has 1 fully saturated rings. The van der Waals surface area contributed by atoms with Crippen LogP contribution in [0.25, 0.3) is 10.9 Å². The number of para-hydroxylation sites is 1. The van der Waals surface area contributed by atoms with Crippen molar-refractivity contribution in [3.63, 3.8) is 0 Å². The summed E-state index contributed by atoms with van der Waals surface area (Å²) < 4.78 is 43.7. The zero-order valence-corrected chi connectivity index (χ0v) is 20.2. The van der Waals surface area contributed by atoms with Crippen molar-refractivity contribution < 1.29 is 17.9 Å². The molecule has 0 bridgehead atoms. The van der Waals surface area contributed by atoms with Crippen LogP contribution in [-0.4, -0.2) is 67.9 Å². The third kappa shape index (κ3) is 6.25. The number of likely N-dealkylation sites (tertiary alicyclic amines) is 1. The van der Waals surface area contributed by atoms with Crippen LogP contribution < -0.4 is 20.3 Å². The Labute approximate surface area is 203 Å². The first-order chi connectivity index (χ1) is 16.7. The molecule has 1 aliphatic heterocycles. The molecule has 0 atom stereocenters. The standard InChI is InChI=1S/C25H31F3N6O/c1-33(2)21-9-6-10-22(35-3)19(21)15-34-13-11-17(12-14-34)30-23-18-7-4-5-8-20(18)31-24(32-23)29-16-25(26,27)28/h4-10,17H,11-16H2,1-3H3,(H2,29,30,31,32). The molecule has 10 heteroatoms. The van der Waals surface area contributed by atoms with Crippen LogP contribution in [0.15, 0.2) is 42.5 Å². The molecule has 35 heavy (non-hydrogen) atoms. The molecule has 188 valence electrons. The van der Waals surface area contributed by atoms with E-state index in [-0.39, 0.29) is 12.0 Å². The summed E-state index contributed by atoms with van der Waals surface area (Å²) in [5, 5.41) is 6.56. The van der Waals surface area contributed by atoms with Crippen molar-refractivity contribution in [1.29, 1.82) is 0 Å². The number of rotatable bonds is 8. The quantitative estimate of drug-likeness (QED) is 0.474. The highest BCUT2D eigenvalue weighted by atomic mass is 19.4. The molecule has 0 radical (unpaired) electrons. The van der Waals surface area contributed by atoms with E-state index in [9.17, 15) is 13.2 Å². The van der Waals surface area contributed by atoms with Crippen LogP contribution in [0.4, 0.5) is 30.6 Å². The van der Waals surface area contributed by atoms with Gasteiger partial charge in [-0.3, -0.25) is 4.90 Å². The smallest absolute Gasteiger partial charge is 0.405 e. The molecule has 7 nitrogen and oxygen atoms in total. The van der Waals surface area contributed by atoms with E-state index in [1.54, 1.807) is 13.2 Å². The van der Waals surface area contributed by atoms with Crippen LogP contribution in [-0.2, 0) is 6.54 Å². The van der Waals surface area contributed by atoms with Crippen LogP contribution in [0.1, 0.15) is 18.4 Å². The van der Waals surface area contributed by atoms with E-state index in [2.05, 4.69) is 36.5 Å². The molecule has 0 unspecified atom stereocenters. The number of methoxy groups -OCH3 is 1. The van der Waals surface area contributed by atoms with E-state index in [1.165, 1.54) is 0 Å². The van der Waals surface area contributed by atoms with Crippen LogP contribution in [0, 0.1) is 0 Å². The van der Waals surface area contributed by atoms with Gasteiger partial charge in [-0.25, -0.2) is 4.98 Å². The van der Waals surface area contributed by atoms with Gasteiger partial charge in [-0.15, -0.1) is 0 Å². The second-order valence-corrected chi connectivity index (χ2v) is 8.93. The lowest BCUT2D eigenvalue weighted by atomic mass is 10.0.